The number of fused-ring (bicyclic) bond motifs is 1. The number of terminal acetylenes is 1. The van der Waals surface area contributed by atoms with Crippen LogP contribution < -0.4 is 0 Å². The molecule has 0 saturated heterocycles. The molecule has 0 bridgehead atoms. The zero-order valence-electron chi connectivity index (χ0n) is 12.5. The van der Waals surface area contributed by atoms with Crippen molar-refractivity contribution in [2.24, 2.45) is 0 Å². The number of hydrogen-bond donors (Lipinski definition) is 0. The molecule has 1 aromatic carbocycles. The fourth-order valence-electron chi connectivity index (χ4n) is 2.63. The lowest BCUT2D eigenvalue weighted by Crippen LogP contribution is -2.24. The number of aryl methyl sites for hydroxylation is 1. The summed E-state index contributed by atoms with van der Waals surface area (Å²) in [6.07, 6.45) is 8.35. The van der Waals surface area contributed by atoms with Gasteiger partial charge < -0.3 is 4.74 Å². The highest BCUT2D eigenvalue weighted by molar-refractivity contribution is 6.17. The van der Waals surface area contributed by atoms with Gasteiger partial charge in [0, 0.05) is 5.56 Å². The van der Waals surface area contributed by atoms with Crippen LogP contribution in [0, 0.1) is 19.3 Å². The molecular weight excluding hydrogens is 248 g/mol. The number of benzene rings is 1. The van der Waals surface area contributed by atoms with Crippen LogP contribution in [0.25, 0.3) is 5.57 Å². The van der Waals surface area contributed by atoms with Crippen molar-refractivity contribution in [3.63, 3.8) is 0 Å². The standard InChI is InChI=1S/C18H20O2/c1-6-13-11-16-15(10-12(13)3)14(17(19)20-7-2)8-9-18(16,4)5/h1,8,10-11H,7,9H2,2-5H3. The van der Waals surface area contributed by atoms with Gasteiger partial charge in [0.15, 0.2) is 0 Å². The van der Waals surface area contributed by atoms with E-state index >= 15 is 0 Å². The first-order valence-electron chi connectivity index (χ1n) is 6.90. The van der Waals surface area contributed by atoms with Gasteiger partial charge in [-0.25, -0.2) is 4.79 Å². The Hall–Kier alpha value is -2.01. The molecule has 2 nitrogen and oxygen atoms in total. The van der Waals surface area contributed by atoms with Crippen molar-refractivity contribution in [2.75, 3.05) is 6.61 Å². The van der Waals surface area contributed by atoms with Crippen molar-refractivity contribution in [3.05, 3.63) is 40.5 Å². The van der Waals surface area contributed by atoms with Crippen molar-refractivity contribution < 1.29 is 9.53 Å². The summed E-state index contributed by atoms with van der Waals surface area (Å²) in [5.41, 5.74) is 4.62. The molecule has 104 valence electrons. The zero-order valence-corrected chi connectivity index (χ0v) is 12.5. The Morgan fingerprint density at radius 3 is 2.75 bits per heavy atom. The van der Waals surface area contributed by atoms with Crippen LogP contribution in [0.3, 0.4) is 0 Å². The SMILES string of the molecule is C#Cc1cc2c(cc1C)C(C(=O)OCC)=CCC2(C)C. The molecular formula is C18H20O2. The van der Waals surface area contributed by atoms with Crippen LogP contribution in [0.1, 0.15) is 49.4 Å². The lowest BCUT2D eigenvalue weighted by atomic mass is 9.72. The van der Waals surface area contributed by atoms with Crippen LogP contribution in [0.4, 0.5) is 0 Å². The summed E-state index contributed by atoms with van der Waals surface area (Å²) in [6.45, 7) is 8.51. The predicted molar refractivity (Wildman–Crippen MR) is 81.4 cm³/mol. The van der Waals surface area contributed by atoms with E-state index in [2.05, 4.69) is 19.8 Å². The van der Waals surface area contributed by atoms with E-state index < -0.39 is 0 Å². The Morgan fingerprint density at radius 2 is 2.15 bits per heavy atom. The maximum absolute atomic E-state index is 12.1. The molecule has 0 heterocycles. The Kier molecular flexibility index (Phi) is 3.72. The molecule has 20 heavy (non-hydrogen) atoms. The van der Waals surface area contributed by atoms with E-state index in [-0.39, 0.29) is 11.4 Å². The van der Waals surface area contributed by atoms with Gasteiger partial charge in [-0.2, -0.15) is 0 Å². The molecule has 0 saturated carbocycles. The van der Waals surface area contributed by atoms with Gasteiger partial charge in [0.2, 0.25) is 0 Å². The highest BCUT2D eigenvalue weighted by atomic mass is 16.5. The van der Waals surface area contributed by atoms with Gasteiger partial charge in [0.1, 0.15) is 0 Å². The Morgan fingerprint density at radius 1 is 1.45 bits per heavy atom. The van der Waals surface area contributed by atoms with Crippen LogP contribution in [0.5, 0.6) is 0 Å². The van der Waals surface area contributed by atoms with E-state index in [1.807, 2.05) is 32.1 Å². The van der Waals surface area contributed by atoms with Crippen LogP contribution in [0.15, 0.2) is 18.2 Å². The second-order valence-electron chi connectivity index (χ2n) is 5.78. The number of ether oxygens (including phenoxy) is 1. The largest absolute Gasteiger partial charge is 0.462 e. The third-order valence-corrected chi connectivity index (χ3v) is 3.85. The number of allylic oxidation sites excluding steroid dienone is 1. The minimum atomic E-state index is -0.253. The first kappa shape index (κ1) is 14.4. The summed E-state index contributed by atoms with van der Waals surface area (Å²) in [6, 6.07) is 4.05. The Bertz CT molecular complexity index is 628. The average Bonchev–Trinajstić information content (AvgIpc) is 2.38. The van der Waals surface area contributed by atoms with E-state index in [1.54, 1.807) is 0 Å². The second kappa shape index (κ2) is 5.17. The van der Waals surface area contributed by atoms with Gasteiger partial charge in [-0.1, -0.05) is 25.8 Å². The monoisotopic (exact) mass is 268 g/mol. The number of esters is 1. The number of carbonyl (C=O) groups excluding carboxylic acids is 1. The van der Waals surface area contributed by atoms with Crippen LogP contribution in [-0.4, -0.2) is 12.6 Å². The smallest absolute Gasteiger partial charge is 0.338 e. The third-order valence-electron chi connectivity index (χ3n) is 3.85. The zero-order chi connectivity index (χ0) is 14.9. The molecule has 0 fully saturated rings. The fraction of sp³-hybridized carbons (Fsp3) is 0.389. The maximum Gasteiger partial charge on any atom is 0.338 e. The Balaban J connectivity index is 2.62. The van der Waals surface area contributed by atoms with Gasteiger partial charge in [0.25, 0.3) is 0 Å². The minimum absolute atomic E-state index is 0.0232. The highest BCUT2D eigenvalue weighted by Gasteiger charge is 2.31. The summed E-state index contributed by atoms with van der Waals surface area (Å²) >= 11 is 0. The summed E-state index contributed by atoms with van der Waals surface area (Å²) in [4.78, 5) is 12.1. The first-order chi connectivity index (χ1) is 9.40. The van der Waals surface area contributed by atoms with Crippen LogP contribution in [0.2, 0.25) is 0 Å². The summed E-state index contributed by atoms with van der Waals surface area (Å²) in [7, 11) is 0. The molecule has 1 aromatic rings. The van der Waals surface area contributed by atoms with Crippen molar-refractivity contribution >= 4 is 11.5 Å². The van der Waals surface area contributed by atoms with Gasteiger partial charge in [-0.3, -0.25) is 0 Å². The van der Waals surface area contributed by atoms with E-state index in [4.69, 9.17) is 11.2 Å². The quantitative estimate of drug-likeness (QED) is 0.605. The summed E-state index contributed by atoms with van der Waals surface area (Å²) in [5, 5.41) is 0. The molecule has 0 amide bonds. The number of carbonyl (C=O) groups is 1. The fourth-order valence-corrected chi connectivity index (χ4v) is 2.63. The average molecular weight is 268 g/mol. The van der Waals surface area contributed by atoms with E-state index in [0.717, 1.165) is 28.7 Å². The lowest BCUT2D eigenvalue weighted by Gasteiger charge is -2.32. The topological polar surface area (TPSA) is 26.3 Å². The molecule has 0 spiro atoms. The van der Waals surface area contributed by atoms with E-state index in [9.17, 15) is 4.79 Å². The van der Waals surface area contributed by atoms with Gasteiger partial charge >= 0.3 is 5.97 Å². The molecule has 0 radical (unpaired) electrons. The molecule has 0 aromatic heterocycles. The van der Waals surface area contributed by atoms with E-state index in [0.29, 0.717) is 12.2 Å². The normalized spacial score (nSPS) is 15.8. The molecule has 2 heteroatoms. The molecule has 0 aliphatic heterocycles. The van der Waals surface area contributed by atoms with Gasteiger partial charge in [-0.15, -0.1) is 6.42 Å². The van der Waals surface area contributed by atoms with Crippen molar-refractivity contribution in [1.29, 1.82) is 0 Å². The summed E-state index contributed by atoms with van der Waals surface area (Å²) in [5.74, 6) is 2.46. The van der Waals surface area contributed by atoms with Crippen LogP contribution in [-0.2, 0) is 14.9 Å². The lowest BCUT2D eigenvalue weighted by molar-refractivity contribution is -0.136. The van der Waals surface area contributed by atoms with E-state index in [1.165, 1.54) is 0 Å². The molecule has 0 N–H and O–H groups in total. The van der Waals surface area contributed by atoms with Crippen molar-refractivity contribution in [1.82, 2.24) is 0 Å². The maximum atomic E-state index is 12.1. The molecule has 2 rings (SSSR count). The van der Waals surface area contributed by atoms with Crippen molar-refractivity contribution in [3.8, 4) is 12.3 Å². The van der Waals surface area contributed by atoms with Gasteiger partial charge in [-0.05, 0) is 54.5 Å². The van der Waals surface area contributed by atoms with Crippen molar-refractivity contribution in [2.45, 2.75) is 39.5 Å². The summed E-state index contributed by atoms with van der Waals surface area (Å²) < 4.78 is 5.16. The molecule has 1 aliphatic rings. The number of rotatable bonds is 2. The highest BCUT2D eigenvalue weighted by Crippen LogP contribution is 2.40. The minimum Gasteiger partial charge on any atom is -0.462 e. The molecule has 0 unspecified atom stereocenters. The predicted octanol–water partition coefficient (Wildman–Crippen LogP) is 3.60. The second-order valence-corrected chi connectivity index (χ2v) is 5.78. The van der Waals surface area contributed by atoms with Gasteiger partial charge in [0.05, 0.1) is 12.2 Å². The molecule has 0 atom stereocenters. The third kappa shape index (κ3) is 2.36. The van der Waals surface area contributed by atoms with Crippen LogP contribution >= 0.6 is 0 Å². The first-order valence-corrected chi connectivity index (χ1v) is 6.90. The number of hydrogen-bond acceptors (Lipinski definition) is 2. The molecule has 1 aliphatic carbocycles. The Labute approximate surface area is 120 Å².